The van der Waals surface area contributed by atoms with Crippen LogP contribution in [0.1, 0.15) is 33.1 Å². The first-order chi connectivity index (χ1) is 9.99. The van der Waals surface area contributed by atoms with Gasteiger partial charge in [0, 0.05) is 30.4 Å². The maximum absolute atomic E-state index is 12.0. The zero-order valence-electron chi connectivity index (χ0n) is 13.0. The average Bonchev–Trinajstić information content (AvgIpc) is 2.47. The van der Waals surface area contributed by atoms with Crippen molar-refractivity contribution in [1.29, 1.82) is 0 Å². The second kappa shape index (κ2) is 8.15. The number of nitrogens with zero attached hydrogens (tertiary/aromatic N) is 1. The average molecular weight is 326 g/mol. The first-order valence-electron chi connectivity index (χ1n) is 7.46. The summed E-state index contributed by atoms with van der Waals surface area (Å²) in [5.41, 5.74) is 7.28. The minimum absolute atomic E-state index is 0. The first kappa shape index (κ1) is 18.5. The van der Waals surface area contributed by atoms with Crippen LogP contribution in [0.15, 0.2) is 24.3 Å². The van der Waals surface area contributed by atoms with Crippen molar-refractivity contribution >= 4 is 35.6 Å². The zero-order chi connectivity index (χ0) is 15.4. The molecule has 2 amide bonds. The van der Waals surface area contributed by atoms with Crippen molar-refractivity contribution in [2.45, 2.75) is 39.2 Å². The highest BCUT2D eigenvalue weighted by Crippen LogP contribution is 2.24. The summed E-state index contributed by atoms with van der Waals surface area (Å²) in [4.78, 5) is 25.8. The molecule has 2 atom stereocenters. The summed E-state index contributed by atoms with van der Waals surface area (Å²) < 4.78 is 0. The Balaban J connectivity index is 0.00000242. The van der Waals surface area contributed by atoms with E-state index < -0.39 is 0 Å². The van der Waals surface area contributed by atoms with Gasteiger partial charge in [-0.15, -0.1) is 12.4 Å². The quantitative estimate of drug-likeness (QED) is 0.893. The highest BCUT2D eigenvalue weighted by atomic mass is 35.5. The lowest BCUT2D eigenvalue weighted by Gasteiger charge is -2.27. The van der Waals surface area contributed by atoms with E-state index in [2.05, 4.69) is 5.32 Å². The highest BCUT2D eigenvalue weighted by molar-refractivity contribution is 5.96. The Morgan fingerprint density at radius 2 is 2.05 bits per heavy atom. The van der Waals surface area contributed by atoms with Crippen LogP contribution in [0.4, 0.5) is 11.4 Å². The van der Waals surface area contributed by atoms with E-state index in [4.69, 9.17) is 5.73 Å². The molecule has 1 aliphatic rings. The van der Waals surface area contributed by atoms with Crippen molar-refractivity contribution in [2.75, 3.05) is 16.8 Å². The SMILES string of the molecule is CC(N)C(C)C(=O)Nc1cccc(N2CCCCC2=O)c1.Cl. The molecule has 0 bridgehead atoms. The Hall–Kier alpha value is -1.59. The van der Waals surface area contributed by atoms with Gasteiger partial charge in [-0.05, 0) is 38.0 Å². The van der Waals surface area contributed by atoms with E-state index in [1.54, 1.807) is 11.8 Å². The molecule has 1 heterocycles. The van der Waals surface area contributed by atoms with E-state index >= 15 is 0 Å². The number of hydrogen-bond acceptors (Lipinski definition) is 3. The summed E-state index contributed by atoms with van der Waals surface area (Å²) in [6.07, 6.45) is 2.57. The predicted octanol–water partition coefficient (Wildman–Crippen LogP) is 2.55. The Bertz CT molecular complexity index is 534. The zero-order valence-corrected chi connectivity index (χ0v) is 13.9. The van der Waals surface area contributed by atoms with Gasteiger partial charge in [0.2, 0.25) is 11.8 Å². The van der Waals surface area contributed by atoms with E-state index in [-0.39, 0.29) is 36.2 Å². The number of amides is 2. The molecule has 1 aromatic rings. The fraction of sp³-hybridized carbons (Fsp3) is 0.500. The number of anilines is 2. The fourth-order valence-electron chi connectivity index (χ4n) is 2.33. The number of nitrogens with two attached hydrogens (primary N) is 1. The monoisotopic (exact) mass is 325 g/mol. The Morgan fingerprint density at radius 1 is 1.32 bits per heavy atom. The molecule has 2 unspecified atom stereocenters. The van der Waals surface area contributed by atoms with Crippen molar-refractivity contribution in [3.8, 4) is 0 Å². The minimum atomic E-state index is -0.259. The summed E-state index contributed by atoms with van der Waals surface area (Å²) in [7, 11) is 0. The van der Waals surface area contributed by atoms with Crippen LogP contribution >= 0.6 is 12.4 Å². The Labute approximate surface area is 137 Å². The second-order valence-corrected chi connectivity index (χ2v) is 5.69. The van der Waals surface area contributed by atoms with Crippen molar-refractivity contribution in [2.24, 2.45) is 11.7 Å². The fourth-order valence-corrected chi connectivity index (χ4v) is 2.33. The molecule has 1 aromatic carbocycles. The van der Waals surface area contributed by atoms with Crippen LogP contribution in [-0.4, -0.2) is 24.4 Å². The third kappa shape index (κ3) is 4.45. The number of carbonyl (C=O) groups excluding carboxylic acids is 2. The molecule has 22 heavy (non-hydrogen) atoms. The lowest BCUT2D eigenvalue weighted by Crippen LogP contribution is -2.35. The third-order valence-electron chi connectivity index (χ3n) is 3.95. The lowest BCUT2D eigenvalue weighted by molar-refractivity contribution is -0.120. The van der Waals surface area contributed by atoms with Crippen molar-refractivity contribution in [3.63, 3.8) is 0 Å². The summed E-state index contributed by atoms with van der Waals surface area (Å²) in [5.74, 6) is -0.217. The molecule has 6 heteroatoms. The number of benzene rings is 1. The molecule has 1 aliphatic heterocycles. The third-order valence-corrected chi connectivity index (χ3v) is 3.95. The maximum Gasteiger partial charge on any atom is 0.228 e. The van der Waals surface area contributed by atoms with Crippen LogP contribution in [0.3, 0.4) is 0 Å². The van der Waals surface area contributed by atoms with Gasteiger partial charge in [-0.3, -0.25) is 9.59 Å². The van der Waals surface area contributed by atoms with Gasteiger partial charge in [0.05, 0.1) is 5.92 Å². The normalized spacial score (nSPS) is 17.4. The van der Waals surface area contributed by atoms with E-state index in [0.717, 1.165) is 25.1 Å². The highest BCUT2D eigenvalue weighted by Gasteiger charge is 2.21. The second-order valence-electron chi connectivity index (χ2n) is 5.69. The molecule has 0 aromatic heterocycles. The van der Waals surface area contributed by atoms with Gasteiger partial charge in [0.15, 0.2) is 0 Å². The van der Waals surface area contributed by atoms with Gasteiger partial charge in [0.1, 0.15) is 0 Å². The van der Waals surface area contributed by atoms with E-state index in [1.807, 2.05) is 31.2 Å². The molecule has 0 aliphatic carbocycles. The molecular formula is C16H24ClN3O2. The van der Waals surface area contributed by atoms with Gasteiger partial charge < -0.3 is 16.0 Å². The van der Waals surface area contributed by atoms with E-state index in [1.165, 1.54) is 0 Å². The molecule has 0 saturated carbocycles. The number of rotatable bonds is 4. The molecule has 2 rings (SSSR count). The Morgan fingerprint density at radius 3 is 2.68 bits per heavy atom. The standard InChI is InChI=1S/C16H23N3O2.ClH/c1-11(12(2)17)16(21)18-13-6-5-7-14(10-13)19-9-4-3-8-15(19)20;/h5-7,10-12H,3-4,8-9,17H2,1-2H3,(H,18,21);1H. The van der Waals surface area contributed by atoms with Gasteiger partial charge in [0.25, 0.3) is 0 Å². The van der Waals surface area contributed by atoms with E-state index in [9.17, 15) is 9.59 Å². The lowest BCUT2D eigenvalue weighted by atomic mass is 10.0. The topological polar surface area (TPSA) is 75.4 Å². The number of halogens is 1. The molecular weight excluding hydrogens is 302 g/mol. The Kier molecular flexibility index (Phi) is 6.84. The largest absolute Gasteiger partial charge is 0.327 e. The number of carbonyl (C=O) groups is 2. The van der Waals surface area contributed by atoms with Crippen LogP contribution in [0.5, 0.6) is 0 Å². The van der Waals surface area contributed by atoms with Crippen molar-refractivity contribution < 1.29 is 9.59 Å². The predicted molar refractivity (Wildman–Crippen MR) is 91.3 cm³/mol. The molecule has 5 nitrogen and oxygen atoms in total. The van der Waals surface area contributed by atoms with Crippen LogP contribution in [0.25, 0.3) is 0 Å². The summed E-state index contributed by atoms with van der Waals surface area (Å²) >= 11 is 0. The van der Waals surface area contributed by atoms with Crippen molar-refractivity contribution in [1.82, 2.24) is 0 Å². The van der Waals surface area contributed by atoms with Gasteiger partial charge in [-0.2, -0.15) is 0 Å². The van der Waals surface area contributed by atoms with E-state index in [0.29, 0.717) is 12.1 Å². The molecule has 3 N–H and O–H groups in total. The first-order valence-corrected chi connectivity index (χ1v) is 7.46. The molecule has 122 valence electrons. The van der Waals surface area contributed by atoms with Crippen LogP contribution in [0.2, 0.25) is 0 Å². The van der Waals surface area contributed by atoms with Gasteiger partial charge in [-0.25, -0.2) is 0 Å². The summed E-state index contributed by atoms with van der Waals surface area (Å²) in [5, 5.41) is 2.86. The molecule has 0 radical (unpaired) electrons. The van der Waals surface area contributed by atoms with Crippen LogP contribution < -0.4 is 16.0 Å². The molecule has 1 fully saturated rings. The summed E-state index contributed by atoms with van der Waals surface area (Å²) in [6, 6.07) is 7.22. The minimum Gasteiger partial charge on any atom is -0.327 e. The van der Waals surface area contributed by atoms with Crippen LogP contribution in [-0.2, 0) is 9.59 Å². The van der Waals surface area contributed by atoms with Crippen LogP contribution in [0, 0.1) is 5.92 Å². The molecule has 1 saturated heterocycles. The summed E-state index contributed by atoms with van der Waals surface area (Å²) in [6.45, 7) is 4.36. The van der Waals surface area contributed by atoms with Crippen molar-refractivity contribution in [3.05, 3.63) is 24.3 Å². The van der Waals surface area contributed by atoms with Gasteiger partial charge >= 0.3 is 0 Å². The smallest absolute Gasteiger partial charge is 0.228 e. The number of piperidine rings is 1. The molecule has 0 spiro atoms. The maximum atomic E-state index is 12.0. The van der Waals surface area contributed by atoms with Gasteiger partial charge in [-0.1, -0.05) is 13.0 Å². The number of hydrogen-bond donors (Lipinski definition) is 2. The number of nitrogens with one attached hydrogen (secondary N) is 1.